The fraction of sp³-hybridized carbons (Fsp3) is 0.222. The van der Waals surface area contributed by atoms with E-state index in [4.69, 9.17) is 4.74 Å². The molecule has 0 unspecified atom stereocenters. The van der Waals surface area contributed by atoms with Crippen LogP contribution in [0.5, 0.6) is 11.8 Å². The molecule has 6 nitrogen and oxygen atoms in total. The van der Waals surface area contributed by atoms with Crippen LogP contribution in [0.3, 0.4) is 0 Å². The van der Waals surface area contributed by atoms with Crippen molar-refractivity contribution in [1.29, 1.82) is 0 Å². The van der Waals surface area contributed by atoms with Crippen LogP contribution in [-0.2, 0) is 0 Å². The summed E-state index contributed by atoms with van der Waals surface area (Å²) in [6, 6.07) is 11.7. The molecule has 0 aliphatic rings. The van der Waals surface area contributed by atoms with E-state index in [0.29, 0.717) is 17.7 Å². The summed E-state index contributed by atoms with van der Waals surface area (Å²) in [6.07, 6.45) is 0. The summed E-state index contributed by atoms with van der Waals surface area (Å²) in [7, 11) is 0. The molecule has 0 radical (unpaired) electrons. The Bertz CT molecular complexity index is 770. The lowest BCUT2D eigenvalue weighted by molar-refractivity contribution is 0.439. The molecule has 24 heavy (non-hydrogen) atoms. The van der Waals surface area contributed by atoms with Gasteiger partial charge in [0.2, 0.25) is 5.95 Å². The lowest BCUT2D eigenvalue weighted by Crippen LogP contribution is -2.00. The van der Waals surface area contributed by atoms with E-state index in [9.17, 15) is 0 Å². The van der Waals surface area contributed by atoms with E-state index in [-0.39, 0.29) is 0 Å². The number of benzene rings is 1. The van der Waals surface area contributed by atoms with Crippen LogP contribution in [-0.4, -0.2) is 19.9 Å². The largest absolute Gasteiger partial charge is 0.424 e. The summed E-state index contributed by atoms with van der Waals surface area (Å²) in [4.78, 5) is 17.3. The monoisotopic (exact) mass is 321 g/mol. The molecule has 1 aromatic carbocycles. The van der Waals surface area contributed by atoms with Crippen LogP contribution in [0.4, 0.5) is 11.6 Å². The van der Waals surface area contributed by atoms with E-state index >= 15 is 0 Å². The number of nitrogens with one attached hydrogen (secondary N) is 1. The number of hydrogen-bond donors (Lipinski definition) is 1. The van der Waals surface area contributed by atoms with E-state index < -0.39 is 0 Å². The number of hydrogen-bond acceptors (Lipinski definition) is 6. The molecule has 0 bridgehead atoms. The van der Waals surface area contributed by atoms with Gasteiger partial charge in [0.1, 0.15) is 5.75 Å². The lowest BCUT2D eigenvalue weighted by atomic mass is 10.3. The maximum atomic E-state index is 5.76. The molecule has 3 aromatic rings. The Hall–Kier alpha value is -3.02. The SMILES string of the molecule is Cc1cc(C)nc(Nc2cccc(Oc3nc(C)cc(C)n3)c2)n1. The summed E-state index contributed by atoms with van der Waals surface area (Å²) in [5, 5.41) is 3.19. The quantitative estimate of drug-likeness (QED) is 0.782. The van der Waals surface area contributed by atoms with Crippen molar-refractivity contribution in [3.63, 3.8) is 0 Å². The second-order valence-corrected chi connectivity index (χ2v) is 5.66. The molecular formula is C18H19N5O. The molecule has 2 aromatic heterocycles. The highest BCUT2D eigenvalue weighted by molar-refractivity contribution is 5.56. The normalized spacial score (nSPS) is 10.5. The summed E-state index contributed by atoms with van der Waals surface area (Å²) in [5.41, 5.74) is 4.41. The molecule has 0 atom stereocenters. The summed E-state index contributed by atoms with van der Waals surface area (Å²) in [6.45, 7) is 7.71. The molecule has 122 valence electrons. The van der Waals surface area contributed by atoms with Crippen LogP contribution in [0.15, 0.2) is 36.4 Å². The zero-order valence-electron chi connectivity index (χ0n) is 14.2. The van der Waals surface area contributed by atoms with E-state index in [1.807, 2.05) is 64.1 Å². The standard InChI is InChI=1S/C18H19N5O/c1-11-8-12(2)20-17(19-11)23-15-6-5-7-16(10-15)24-18-21-13(3)9-14(4)22-18/h5-10H,1-4H3,(H,19,20,23). The molecule has 6 heteroatoms. The second-order valence-electron chi connectivity index (χ2n) is 5.66. The highest BCUT2D eigenvalue weighted by Gasteiger charge is 2.05. The van der Waals surface area contributed by atoms with Crippen molar-refractivity contribution in [2.45, 2.75) is 27.7 Å². The number of aryl methyl sites for hydroxylation is 4. The van der Waals surface area contributed by atoms with Crippen LogP contribution < -0.4 is 10.1 Å². The van der Waals surface area contributed by atoms with Crippen molar-refractivity contribution in [3.05, 3.63) is 59.2 Å². The van der Waals surface area contributed by atoms with Crippen molar-refractivity contribution in [2.24, 2.45) is 0 Å². The van der Waals surface area contributed by atoms with Gasteiger partial charge in [0.25, 0.3) is 0 Å². The van der Waals surface area contributed by atoms with Gasteiger partial charge in [-0.1, -0.05) is 6.07 Å². The maximum absolute atomic E-state index is 5.76. The number of anilines is 2. The molecule has 3 rings (SSSR count). The Morgan fingerprint density at radius 3 is 1.96 bits per heavy atom. The van der Waals surface area contributed by atoms with Crippen LogP contribution in [0.1, 0.15) is 22.8 Å². The Balaban J connectivity index is 1.81. The summed E-state index contributed by atoms with van der Waals surface area (Å²) in [5.74, 6) is 1.21. The first-order valence-corrected chi connectivity index (χ1v) is 7.67. The van der Waals surface area contributed by atoms with Crippen molar-refractivity contribution in [3.8, 4) is 11.8 Å². The predicted octanol–water partition coefficient (Wildman–Crippen LogP) is 4.04. The van der Waals surface area contributed by atoms with Crippen molar-refractivity contribution < 1.29 is 4.74 Å². The van der Waals surface area contributed by atoms with Gasteiger partial charge in [-0.05, 0) is 52.0 Å². The van der Waals surface area contributed by atoms with Crippen LogP contribution in [0.2, 0.25) is 0 Å². The number of aromatic nitrogens is 4. The van der Waals surface area contributed by atoms with Gasteiger partial charge in [0, 0.05) is 34.5 Å². The molecule has 1 N–H and O–H groups in total. The third-order valence-corrected chi connectivity index (χ3v) is 3.24. The van der Waals surface area contributed by atoms with Gasteiger partial charge in [-0.3, -0.25) is 0 Å². The van der Waals surface area contributed by atoms with Crippen LogP contribution >= 0.6 is 0 Å². The minimum absolute atomic E-state index is 0.340. The van der Waals surface area contributed by atoms with E-state index in [0.717, 1.165) is 28.5 Å². The van der Waals surface area contributed by atoms with E-state index in [1.54, 1.807) is 0 Å². The Morgan fingerprint density at radius 1 is 0.750 bits per heavy atom. The maximum Gasteiger partial charge on any atom is 0.322 e. The molecule has 0 amide bonds. The minimum atomic E-state index is 0.340. The highest BCUT2D eigenvalue weighted by Crippen LogP contribution is 2.23. The molecular weight excluding hydrogens is 302 g/mol. The number of rotatable bonds is 4. The third kappa shape index (κ3) is 4.04. The third-order valence-electron chi connectivity index (χ3n) is 3.24. The van der Waals surface area contributed by atoms with Crippen molar-refractivity contribution >= 4 is 11.6 Å². The molecule has 0 spiro atoms. The van der Waals surface area contributed by atoms with Gasteiger partial charge in [-0.25, -0.2) is 19.9 Å². The van der Waals surface area contributed by atoms with E-state index in [2.05, 4.69) is 25.3 Å². The molecule has 2 heterocycles. The zero-order chi connectivity index (χ0) is 17.1. The Kier molecular flexibility index (Phi) is 4.37. The van der Waals surface area contributed by atoms with Crippen molar-refractivity contribution in [1.82, 2.24) is 19.9 Å². The summed E-state index contributed by atoms with van der Waals surface area (Å²) < 4.78 is 5.76. The Labute approximate surface area is 141 Å². The van der Waals surface area contributed by atoms with Crippen LogP contribution in [0.25, 0.3) is 0 Å². The molecule has 0 aliphatic carbocycles. The molecule has 0 saturated carbocycles. The fourth-order valence-corrected chi connectivity index (χ4v) is 2.39. The van der Waals surface area contributed by atoms with Gasteiger partial charge in [0.15, 0.2) is 0 Å². The van der Waals surface area contributed by atoms with Gasteiger partial charge in [-0.2, -0.15) is 0 Å². The van der Waals surface area contributed by atoms with Crippen LogP contribution in [0, 0.1) is 27.7 Å². The average Bonchev–Trinajstić information content (AvgIpc) is 2.45. The number of nitrogens with zero attached hydrogens (tertiary/aromatic N) is 4. The summed E-state index contributed by atoms with van der Waals surface area (Å²) >= 11 is 0. The topological polar surface area (TPSA) is 72.8 Å². The average molecular weight is 321 g/mol. The first-order valence-electron chi connectivity index (χ1n) is 7.67. The predicted molar refractivity (Wildman–Crippen MR) is 92.8 cm³/mol. The van der Waals surface area contributed by atoms with Gasteiger partial charge < -0.3 is 10.1 Å². The van der Waals surface area contributed by atoms with E-state index in [1.165, 1.54) is 0 Å². The van der Waals surface area contributed by atoms with Gasteiger partial charge in [-0.15, -0.1) is 0 Å². The zero-order valence-corrected chi connectivity index (χ0v) is 14.2. The second kappa shape index (κ2) is 6.62. The molecule has 0 saturated heterocycles. The number of ether oxygens (including phenoxy) is 1. The molecule has 0 aliphatic heterocycles. The minimum Gasteiger partial charge on any atom is -0.424 e. The molecule has 0 fully saturated rings. The van der Waals surface area contributed by atoms with Crippen molar-refractivity contribution in [2.75, 3.05) is 5.32 Å². The Morgan fingerprint density at radius 2 is 1.33 bits per heavy atom. The highest BCUT2D eigenvalue weighted by atomic mass is 16.5. The smallest absolute Gasteiger partial charge is 0.322 e. The first kappa shape index (κ1) is 15.9. The van der Waals surface area contributed by atoms with Gasteiger partial charge in [0.05, 0.1) is 0 Å². The fourth-order valence-electron chi connectivity index (χ4n) is 2.39. The first-order chi connectivity index (χ1) is 11.5. The lowest BCUT2D eigenvalue weighted by Gasteiger charge is -2.09. The van der Waals surface area contributed by atoms with Gasteiger partial charge >= 0.3 is 6.01 Å².